The Hall–Kier alpha value is -2.86. The Bertz CT molecular complexity index is 986. The van der Waals surface area contributed by atoms with Crippen LogP contribution in [0.3, 0.4) is 0 Å². The molecule has 1 aliphatic heterocycles. The van der Waals surface area contributed by atoms with Crippen LogP contribution in [0.4, 0.5) is 0 Å². The monoisotopic (exact) mass is 448 g/mol. The topological polar surface area (TPSA) is 57.2 Å². The molecule has 33 heavy (non-hydrogen) atoms. The molecule has 1 saturated heterocycles. The second-order valence-corrected chi connectivity index (χ2v) is 8.40. The van der Waals surface area contributed by atoms with E-state index in [4.69, 9.17) is 18.9 Å². The van der Waals surface area contributed by atoms with Crippen LogP contribution in [0, 0.1) is 0 Å². The van der Waals surface area contributed by atoms with Crippen LogP contribution in [0.2, 0.25) is 0 Å². The van der Waals surface area contributed by atoms with Gasteiger partial charge in [0.1, 0.15) is 6.61 Å². The summed E-state index contributed by atoms with van der Waals surface area (Å²) >= 11 is 0. The van der Waals surface area contributed by atoms with Crippen molar-refractivity contribution in [3.63, 3.8) is 0 Å². The largest absolute Gasteiger partial charge is 0.493 e. The first-order valence-electron chi connectivity index (χ1n) is 11.5. The van der Waals surface area contributed by atoms with Gasteiger partial charge in [-0.1, -0.05) is 66.7 Å². The maximum Gasteiger partial charge on any atom is 0.161 e. The fourth-order valence-electron chi connectivity index (χ4n) is 4.14. The third-order valence-corrected chi connectivity index (χ3v) is 5.97. The van der Waals surface area contributed by atoms with Crippen molar-refractivity contribution in [2.24, 2.45) is 0 Å². The van der Waals surface area contributed by atoms with Crippen LogP contribution >= 0.6 is 0 Å². The third kappa shape index (κ3) is 6.35. The van der Waals surface area contributed by atoms with Crippen molar-refractivity contribution in [3.8, 4) is 11.5 Å². The van der Waals surface area contributed by atoms with Gasteiger partial charge in [0, 0.05) is 12.8 Å². The molecule has 3 aromatic rings. The van der Waals surface area contributed by atoms with Crippen molar-refractivity contribution in [3.05, 3.63) is 95.6 Å². The summed E-state index contributed by atoms with van der Waals surface area (Å²) in [5, 5.41) is 11.9. The Kier molecular flexibility index (Phi) is 8.00. The van der Waals surface area contributed by atoms with Crippen molar-refractivity contribution < 1.29 is 24.1 Å². The lowest BCUT2D eigenvalue weighted by molar-refractivity contribution is -0.187. The molecule has 1 atom stereocenters. The molecule has 5 heteroatoms. The number of hydrogen-bond donors (Lipinski definition) is 1. The molecule has 1 unspecified atom stereocenters. The normalized spacial score (nSPS) is 16.2. The Morgan fingerprint density at radius 1 is 0.879 bits per heavy atom. The SMILES string of the molecule is COc1cc(C(O)(CCC2OCCCO2)Cc2ccccc2)ccc1OCc1ccccc1. The fraction of sp³-hybridized carbons (Fsp3) is 0.357. The van der Waals surface area contributed by atoms with Crippen molar-refractivity contribution in [1.29, 1.82) is 0 Å². The average molecular weight is 449 g/mol. The summed E-state index contributed by atoms with van der Waals surface area (Å²) in [6.07, 6.45) is 2.22. The van der Waals surface area contributed by atoms with Gasteiger partial charge in [-0.15, -0.1) is 0 Å². The molecule has 1 heterocycles. The number of ether oxygens (including phenoxy) is 4. The first-order chi connectivity index (χ1) is 16.2. The fourth-order valence-corrected chi connectivity index (χ4v) is 4.14. The highest BCUT2D eigenvalue weighted by molar-refractivity contribution is 5.45. The van der Waals surface area contributed by atoms with E-state index in [-0.39, 0.29) is 6.29 Å². The highest BCUT2D eigenvalue weighted by Gasteiger charge is 2.32. The first-order valence-corrected chi connectivity index (χ1v) is 11.5. The molecular formula is C28H32O5. The van der Waals surface area contributed by atoms with Gasteiger partial charge in [0.05, 0.1) is 25.9 Å². The zero-order chi connectivity index (χ0) is 22.9. The molecule has 1 N–H and O–H groups in total. The minimum absolute atomic E-state index is 0.281. The minimum Gasteiger partial charge on any atom is -0.493 e. The molecule has 0 radical (unpaired) electrons. The summed E-state index contributed by atoms with van der Waals surface area (Å²) in [5.74, 6) is 1.24. The molecule has 3 aromatic carbocycles. The van der Waals surface area contributed by atoms with Crippen LogP contribution in [0.25, 0.3) is 0 Å². The summed E-state index contributed by atoms with van der Waals surface area (Å²) in [4.78, 5) is 0. The standard InChI is InChI=1S/C28H32O5/c1-30-26-19-24(13-14-25(26)33-21-23-11-6-3-7-12-23)28(29,20-22-9-4-2-5-10-22)16-15-27-31-17-8-18-32-27/h2-7,9-14,19,27,29H,8,15-18,20-21H2,1H3. The molecule has 174 valence electrons. The van der Waals surface area contributed by atoms with E-state index in [9.17, 15) is 5.11 Å². The second kappa shape index (κ2) is 11.3. The zero-order valence-corrected chi connectivity index (χ0v) is 19.1. The summed E-state index contributed by atoms with van der Waals surface area (Å²) in [5.41, 5.74) is 1.83. The summed E-state index contributed by atoms with van der Waals surface area (Å²) < 4.78 is 23.1. The van der Waals surface area contributed by atoms with Gasteiger partial charge in [0.2, 0.25) is 0 Å². The average Bonchev–Trinajstić information content (AvgIpc) is 2.88. The Morgan fingerprint density at radius 2 is 1.55 bits per heavy atom. The lowest BCUT2D eigenvalue weighted by atomic mass is 9.83. The Labute approximate surface area is 195 Å². The van der Waals surface area contributed by atoms with E-state index in [1.54, 1.807) is 7.11 Å². The molecule has 0 saturated carbocycles. The van der Waals surface area contributed by atoms with E-state index < -0.39 is 5.60 Å². The predicted molar refractivity (Wildman–Crippen MR) is 127 cm³/mol. The van der Waals surface area contributed by atoms with Gasteiger partial charge in [0.15, 0.2) is 17.8 Å². The maximum atomic E-state index is 11.9. The van der Waals surface area contributed by atoms with Crippen LogP contribution in [-0.4, -0.2) is 31.7 Å². The number of benzene rings is 3. The van der Waals surface area contributed by atoms with Gasteiger partial charge >= 0.3 is 0 Å². The molecule has 0 spiro atoms. The predicted octanol–water partition coefficient (Wildman–Crippen LogP) is 5.25. The molecule has 0 amide bonds. The lowest BCUT2D eigenvalue weighted by Crippen LogP contribution is -2.32. The van der Waals surface area contributed by atoms with E-state index in [2.05, 4.69) is 0 Å². The van der Waals surface area contributed by atoms with E-state index in [1.807, 2.05) is 78.9 Å². The lowest BCUT2D eigenvalue weighted by Gasteiger charge is -2.32. The van der Waals surface area contributed by atoms with E-state index in [0.29, 0.717) is 50.6 Å². The minimum atomic E-state index is -1.10. The molecule has 0 aliphatic carbocycles. The molecule has 1 fully saturated rings. The van der Waals surface area contributed by atoms with Crippen molar-refractivity contribution in [1.82, 2.24) is 0 Å². The van der Waals surface area contributed by atoms with Crippen LogP contribution in [0.5, 0.6) is 11.5 Å². The number of methoxy groups -OCH3 is 1. The van der Waals surface area contributed by atoms with Gasteiger partial charge in [-0.2, -0.15) is 0 Å². The number of hydrogen-bond acceptors (Lipinski definition) is 5. The van der Waals surface area contributed by atoms with Crippen LogP contribution in [-0.2, 0) is 28.1 Å². The highest BCUT2D eigenvalue weighted by Crippen LogP contribution is 2.37. The van der Waals surface area contributed by atoms with Gasteiger partial charge < -0.3 is 24.1 Å². The van der Waals surface area contributed by atoms with Crippen LogP contribution in [0.1, 0.15) is 36.0 Å². The van der Waals surface area contributed by atoms with Crippen LogP contribution < -0.4 is 9.47 Å². The van der Waals surface area contributed by atoms with Gasteiger partial charge in [-0.25, -0.2) is 0 Å². The molecule has 0 aromatic heterocycles. The quantitative estimate of drug-likeness (QED) is 0.459. The number of rotatable bonds is 10. The molecular weight excluding hydrogens is 416 g/mol. The Morgan fingerprint density at radius 3 is 2.21 bits per heavy atom. The summed E-state index contributed by atoms with van der Waals surface area (Å²) in [6, 6.07) is 25.7. The summed E-state index contributed by atoms with van der Waals surface area (Å²) in [7, 11) is 1.62. The van der Waals surface area contributed by atoms with Gasteiger partial charge in [-0.3, -0.25) is 0 Å². The van der Waals surface area contributed by atoms with Crippen molar-refractivity contribution >= 4 is 0 Å². The third-order valence-electron chi connectivity index (χ3n) is 5.97. The molecule has 0 bridgehead atoms. The van der Waals surface area contributed by atoms with E-state index >= 15 is 0 Å². The van der Waals surface area contributed by atoms with E-state index in [0.717, 1.165) is 23.1 Å². The van der Waals surface area contributed by atoms with Crippen LogP contribution in [0.15, 0.2) is 78.9 Å². The number of aliphatic hydroxyl groups is 1. The maximum absolute atomic E-state index is 11.9. The molecule has 1 aliphatic rings. The van der Waals surface area contributed by atoms with Gasteiger partial charge in [0.25, 0.3) is 0 Å². The zero-order valence-electron chi connectivity index (χ0n) is 19.1. The van der Waals surface area contributed by atoms with E-state index in [1.165, 1.54) is 0 Å². The Balaban J connectivity index is 1.55. The molecule has 4 rings (SSSR count). The van der Waals surface area contributed by atoms with Crippen molar-refractivity contribution in [2.75, 3.05) is 20.3 Å². The smallest absolute Gasteiger partial charge is 0.161 e. The second-order valence-electron chi connectivity index (χ2n) is 8.40. The molecule has 5 nitrogen and oxygen atoms in total. The van der Waals surface area contributed by atoms with Gasteiger partial charge in [-0.05, 0) is 41.7 Å². The first kappa shape index (κ1) is 23.3. The summed E-state index contributed by atoms with van der Waals surface area (Å²) in [6.45, 7) is 1.84. The van der Waals surface area contributed by atoms with Crippen molar-refractivity contribution in [2.45, 2.75) is 44.2 Å². The highest BCUT2D eigenvalue weighted by atomic mass is 16.7.